The summed E-state index contributed by atoms with van der Waals surface area (Å²) in [6.07, 6.45) is 16.1. The van der Waals surface area contributed by atoms with Gasteiger partial charge in [0.2, 0.25) is 6.71 Å². The molecule has 3 heteroatoms. The number of rotatable bonds is 18. The molecule has 0 bridgehead atoms. The summed E-state index contributed by atoms with van der Waals surface area (Å²) in [5, 5.41) is 0. The molecule has 0 saturated carbocycles. The van der Waals surface area contributed by atoms with Gasteiger partial charge in [-0.15, -0.1) is 0 Å². The first-order chi connectivity index (χ1) is 18.4. The zero-order chi connectivity index (χ0) is 26.2. The Morgan fingerprint density at radius 1 is 0.486 bits per heavy atom. The third-order valence-electron chi connectivity index (χ3n) is 6.78. The van der Waals surface area contributed by atoms with Crippen molar-refractivity contribution in [3.05, 3.63) is 91.0 Å². The molecule has 0 amide bonds. The second kappa shape index (κ2) is 21.7. The zero-order valence-corrected chi connectivity index (χ0v) is 23.3. The van der Waals surface area contributed by atoms with E-state index < -0.39 is 0 Å². The summed E-state index contributed by atoms with van der Waals surface area (Å²) in [5.41, 5.74) is 9.42. The molecule has 0 fully saturated rings. The fourth-order valence-corrected chi connectivity index (χ4v) is 4.66. The third kappa shape index (κ3) is 14.2. The lowest BCUT2D eigenvalue weighted by molar-refractivity contribution is 0.126. The fraction of sp³-hybridized carbons (Fsp3) is 0.471. The van der Waals surface area contributed by atoms with Crippen LogP contribution in [0.4, 0.5) is 0 Å². The van der Waals surface area contributed by atoms with Crippen molar-refractivity contribution in [2.45, 2.75) is 84.0 Å². The lowest BCUT2D eigenvalue weighted by atomic mass is 9.37. The minimum atomic E-state index is 0.309. The molecule has 0 aliphatic carbocycles. The van der Waals surface area contributed by atoms with Crippen molar-refractivity contribution < 1.29 is 4.74 Å². The number of benzene rings is 3. The second-order valence-electron chi connectivity index (χ2n) is 9.96. The van der Waals surface area contributed by atoms with Gasteiger partial charge in [0, 0.05) is 13.2 Å². The summed E-state index contributed by atoms with van der Waals surface area (Å²) in [6.45, 7) is 5.22. The van der Waals surface area contributed by atoms with Crippen molar-refractivity contribution in [2.75, 3.05) is 19.8 Å². The van der Waals surface area contributed by atoms with Crippen molar-refractivity contribution in [1.29, 1.82) is 0 Å². The maximum absolute atomic E-state index is 5.55. The van der Waals surface area contributed by atoms with Crippen LogP contribution in [0.25, 0.3) is 0 Å². The molecular weight excluding hydrogens is 449 g/mol. The fourth-order valence-electron chi connectivity index (χ4n) is 4.66. The maximum Gasteiger partial charge on any atom is 0.241 e. The van der Waals surface area contributed by atoms with Crippen LogP contribution in [0.5, 0.6) is 0 Å². The van der Waals surface area contributed by atoms with E-state index in [1.54, 1.807) is 0 Å². The lowest BCUT2D eigenvalue weighted by Crippen LogP contribution is -2.51. The molecule has 0 aromatic heterocycles. The van der Waals surface area contributed by atoms with E-state index in [9.17, 15) is 0 Å². The molecule has 0 radical (unpaired) electrons. The van der Waals surface area contributed by atoms with Crippen molar-refractivity contribution >= 4 is 23.1 Å². The van der Waals surface area contributed by atoms with Crippen molar-refractivity contribution in [1.82, 2.24) is 0 Å². The van der Waals surface area contributed by atoms with E-state index in [2.05, 4.69) is 97.9 Å². The maximum atomic E-state index is 5.55. The normalized spacial score (nSPS) is 10.5. The summed E-state index contributed by atoms with van der Waals surface area (Å²) in [5.74, 6) is 0. The average Bonchev–Trinajstić information content (AvgIpc) is 2.96. The van der Waals surface area contributed by atoms with Crippen LogP contribution in [0.15, 0.2) is 91.0 Å². The van der Waals surface area contributed by atoms with Gasteiger partial charge in [-0.25, -0.2) is 0 Å². The summed E-state index contributed by atoms with van der Waals surface area (Å²) < 4.78 is 5.55. The van der Waals surface area contributed by atoms with E-state index in [-0.39, 0.29) is 0 Å². The van der Waals surface area contributed by atoms with Gasteiger partial charge in [-0.3, -0.25) is 0 Å². The van der Waals surface area contributed by atoms with Crippen LogP contribution in [0, 0.1) is 0 Å². The minimum absolute atomic E-state index is 0.309. The van der Waals surface area contributed by atoms with Gasteiger partial charge in [0.05, 0.1) is 0 Å². The standard InChI is InChI=1S/C18H15B.C16H35NO/c1-4-10-16(11-5-1)19(17-12-6-2-7-13-17)18-14-8-3-9-15-18;1-2-3-4-5-6-7-8-9-10-12-15-18-16-13-11-14-17/h1-15H;2-17H2,1H3. The second-order valence-corrected chi connectivity index (χ2v) is 9.96. The highest BCUT2D eigenvalue weighted by molar-refractivity contribution is 6.95. The summed E-state index contributed by atoms with van der Waals surface area (Å²) >= 11 is 0. The minimum Gasteiger partial charge on any atom is -0.381 e. The predicted octanol–water partition coefficient (Wildman–Crippen LogP) is 6.87. The number of hydrogen-bond acceptors (Lipinski definition) is 2. The monoisotopic (exact) mass is 499 g/mol. The highest BCUT2D eigenvalue weighted by atomic mass is 16.5. The molecular formula is C34H50BNO. The number of nitrogens with two attached hydrogens (primary N) is 1. The third-order valence-corrected chi connectivity index (χ3v) is 6.78. The quantitative estimate of drug-likeness (QED) is 0.153. The largest absolute Gasteiger partial charge is 0.381 e. The van der Waals surface area contributed by atoms with Gasteiger partial charge in [-0.2, -0.15) is 0 Å². The number of hydrogen-bond donors (Lipinski definition) is 1. The van der Waals surface area contributed by atoms with E-state index in [0.717, 1.165) is 32.6 Å². The number of ether oxygens (including phenoxy) is 1. The van der Waals surface area contributed by atoms with Gasteiger partial charge in [0.1, 0.15) is 0 Å². The molecule has 0 atom stereocenters. The van der Waals surface area contributed by atoms with Crippen LogP contribution in [-0.4, -0.2) is 26.5 Å². The Morgan fingerprint density at radius 2 is 0.838 bits per heavy atom. The van der Waals surface area contributed by atoms with E-state index >= 15 is 0 Å². The Labute approximate surface area is 228 Å². The molecule has 0 unspecified atom stereocenters. The van der Waals surface area contributed by atoms with Gasteiger partial charge in [-0.1, -0.05) is 172 Å². The van der Waals surface area contributed by atoms with Crippen LogP contribution < -0.4 is 22.1 Å². The van der Waals surface area contributed by atoms with Gasteiger partial charge in [0.25, 0.3) is 0 Å². The molecule has 37 heavy (non-hydrogen) atoms. The molecule has 2 nitrogen and oxygen atoms in total. The summed E-state index contributed by atoms with van der Waals surface area (Å²) in [4.78, 5) is 0. The Bertz CT molecular complexity index is 762. The molecule has 0 spiro atoms. The van der Waals surface area contributed by atoms with Crippen LogP contribution in [-0.2, 0) is 4.74 Å². The lowest BCUT2D eigenvalue weighted by Gasteiger charge is -2.15. The molecule has 0 aliphatic heterocycles. The molecule has 0 saturated heterocycles. The first kappa shape index (κ1) is 30.9. The first-order valence-electron chi connectivity index (χ1n) is 14.8. The van der Waals surface area contributed by atoms with E-state index in [4.69, 9.17) is 10.5 Å². The zero-order valence-electron chi connectivity index (χ0n) is 23.3. The van der Waals surface area contributed by atoms with Gasteiger partial charge < -0.3 is 10.5 Å². The van der Waals surface area contributed by atoms with Crippen LogP contribution in [0.1, 0.15) is 84.0 Å². The topological polar surface area (TPSA) is 35.2 Å². The molecule has 3 aromatic carbocycles. The van der Waals surface area contributed by atoms with Crippen molar-refractivity contribution in [3.8, 4) is 0 Å². The Kier molecular flexibility index (Phi) is 18.1. The molecule has 0 aliphatic rings. The van der Waals surface area contributed by atoms with Crippen LogP contribution >= 0.6 is 0 Å². The van der Waals surface area contributed by atoms with Gasteiger partial charge >= 0.3 is 0 Å². The Balaban J connectivity index is 0.000000261. The van der Waals surface area contributed by atoms with Crippen LogP contribution in [0.2, 0.25) is 0 Å². The SMILES string of the molecule is CCCCCCCCCCCCOCCCCN.c1ccc(B(c2ccccc2)c2ccccc2)cc1. The molecule has 2 N–H and O–H groups in total. The smallest absolute Gasteiger partial charge is 0.241 e. The Morgan fingerprint density at radius 3 is 1.22 bits per heavy atom. The van der Waals surface area contributed by atoms with E-state index in [1.807, 2.05) is 0 Å². The first-order valence-corrected chi connectivity index (χ1v) is 14.8. The highest BCUT2D eigenvalue weighted by Gasteiger charge is 2.20. The number of unbranched alkanes of at least 4 members (excludes halogenated alkanes) is 10. The van der Waals surface area contributed by atoms with E-state index in [1.165, 1.54) is 80.6 Å². The molecule has 3 aromatic rings. The average molecular weight is 500 g/mol. The molecule has 0 heterocycles. The van der Waals surface area contributed by atoms with Crippen LogP contribution in [0.3, 0.4) is 0 Å². The molecule has 3 rings (SSSR count). The van der Waals surface area contributed by atoms with Crippen molar-refractivity contribution in [3.63, 3.8) is 0 Å². The Hall–Kier alpha value is -2.36. The van der Waals surface area contributed by atoms with E-state index in [0.29, 0.717) is 6.71 Å². The highest BCUT2D eigenvalue weighted by Crippen LogP contribution is 2.10. The van der Waals surface area contributed by atoms with Gasteiger partial charge in [0.15, 0.2) is 0 Å². The summed E-state index contributed by atoms with van der Waals surface area (Å²) in [6, 6.07) is 32.0. The van der Waals surface area contributed by atoms with Crippen molar-refractivity contribution in [2.24, 2.45) is 5.73 Å². The predicted molar refractivity (Wildman–Crippen MR) is 165 cm³/mol. The summed E-state index contributed by atoms with van der Waals surface area (Å²) in [7, 11) is 0. The molecule has 200 valence electrons. The van der Waals surface area contributed by atoms with Gasteiger partial charge in [-0.05, 0) is 25.8 Å².